The smallest absolute Gasteiger partial charge is 0.232 e. The van der Waals surface area contributed by atoms with Crippen molar-refractivity contribution in [2.24, 2.45) is 5.92 Å². The summed E-state index contributed by atoms with van der Waals surface area (Å²) >= 11 is 0. The third-order valence-corrected chi connectivity index (χ3v) is 7.45. The molecule has 3 aliphatic rings. The normalized spacial score (nSPS) is 22.6. The van der Waals surface area contributed by atoms with E-state index in [1.165, 1.54) is 15.4 Å². The number of carbonyl (C=O) groups excluding carboxylic acids is 1. The topological polar surface area (TPSA) is 57.7 Å². The zero-order valence-electron chi connectivity index (χ0n) is 13.4. The second kappa shape index (κ2) is 5.31. The maximum absolute atomic E-state index is 12.8. The van der Waals surface area contributed by atoms with Gasteiger partial charge in [-0.05, 0) is 44.2 Å². The molecule has 0 radical (unpaired) electrons. The fraction of sp³-hybridized carbons (Fsp3) is 0.588. The van der Waals surface area contributed by atoms with Crippen molar-refractivity contribution in [1.29, 1.82) is 0 Å². The van der Waals surface area contributed by atoms with Crippen LogP contribution in [0.3, 0.4) is 0 Å². The second-order valence-corrected chi connectivity index (χ2v) is 9.20. The number of rotatable bonds is 3. The summed E-state index contributed by atoms with van der Waals surface area (Å²) in [7, 11) is -3.13. The van der Waals surface area contributed by atoms with Gasteiger partial charge in [0.1, 0.15) is 0 Å². The molecule has 0 aromatic heterocycles. The Morgan fingerprint density at radius 1 is 1.22 bits per heavy atom. The van der Waals surface area contributed by atoms with Gasteiger partial charge in [0.25, 0.3) is 0 Å². The van der Waals surface area contributed by atoms with Gasteiger partial charge in [-0.3, -0.25) is 4.79 Å². The van der Waals surface area contributed by atoms with Crippen molar-refractivity contribution in [3.8, 4) is 0 Å². The average Bonchev–Trinajstić information content (AvgIpc) is 3.29. The number of carbonyl (C=O) groups is 1. The second-order valence-electron chi connectivity index (χ2n) is 6.98. The highest BCUT2D eigenvalue weighted by Crippen LogP contribution is 2.36. The van der Waals surface area contributed by atoms with Crippen LogP contribution in [0.25, 0.3) is 0 Å². The summed E-state index contributed by atoms with van der Waals surface area (Å²) in [5.41, 5.74) is 3.45. The molecule has 1 saturated heterocycles. The van der Waals surface area contributed by atoms with Crippen molar-refractivity contribution in [2.75, 3.05) is 24.5 Å². The highest BCUT2D eigenvalue weighted by atomic mass is 32.2. The van der Waals surface area contributed by atoms with Crippen LogP contribution in [-0.2, 0) is 21.2 Å². The molecule has 2 aliphatic heterocycles. The van der Waals surface area contributed by atoms with Crippen LogP contribution in [0.1, 0.15) is 30.4 Å². The highest BCUT2D eigenvalue weighted by Gasteiger charge is 2.48. The Hall–Kier alpha value is -1.40. The minimum atomic E-state index is -3.13. The lowest BCUT2D eigenvalue weighted by Gasteiger charge is -2.41. The van der Waals surface area contributed by atoms with Crippen molar-refractivity contribution in [3.63, 3.8) is 0 Å². The van der Waals surface area contributed by atoms with Crippen molar-refractivity contribution < 1.29 is 13.2 Å². The third-order valence-electron chi connectivity index (χ3n) is 5.12. The molecule has 0 atom stereocenters. The molecule has 2 heterocycles. The van der Waals surface area contributed by atoms with Gasteiger partial charge >= 0.3 is 0 Å². The number of amides is 1. The van der Waals surface area contributed by atoms with Gasteiger partial charge in [-0.1, -0.05) is 17.7 Å². The van der Waals surface area contributed by atoms with Crippen molar-refractivity contribution in [3.05, 3.63) is 29.3 Å². The molecule has 1 aromatic rings. The molecule has 0 unspecified atom stereocenters. The summed E-state index contributed by atoms with van der Waals surface area (Å²) in [4.78, 5) is 14.7. The monoisotopic (exact) mass is 334 g/mol. The maximum atomic E-state index is 12.8. The van der Waals surface area contributed by atoms with Gasteiger partial charge in [-0.15, -0.1) is 0 Å². The van der Waals surface area contributed by atoms with Crippen LogP contribution >= 0.6 is 0 Å². The molecule has 4 rings (SSSR count). The molecular formula is C17H22N2O3S. The van der Waals surface area contributed by atoms with E-state index in [2.05, 4.69) is 13.0 Å². The Kier molecular flexibility index (Phi) is 3.50. The predicted octanol–water partition coefficient (Wildman–Crippen LogP) is 1.70. The zero-order chi connectivity index (χ0) is 16.2. The van der Waals surface area contributed by atoms with Gasteiger partial charge < -0.3 is 4.90 Å². The van der Waals surface area contributed by atoms with Gasteiger partial charge in [0.15, 0.2) is 0 Å². The molecule has 0 spiro atoms. The van der Waals surface area contributed by atoms with Gasteiger partial charge in [0.2, 0.25) is 15.9 Å². The minimum absolute atomic E-state index is 0.0806. The zero-order valence-corrected chi connectivity index (χ0v) is 14.2. The number of nitrogens with zero attached hydrogens (tertiary/aromatic N) is 2. The number of anilines is 1. The van der Waals surface area contributed by atoms with Crippen LogP contribution in [-0.4, -0.2) is 43.5 Å². The lowest BCUT2D eigenvalue weighted by Crippen LogP contribution is -2.57. The van der Waals surface area contributed by atoms with Gasteiger partial charge in [0.05, 0.1) is 11.2 Å². The van der Waals surface area contributed by atoms with Crippen LogP contribution in [0.2, 0.25) is 0 Å². The Labute approximate surface area is 137 Å². The molecule has 124 valence electrons. The first-order valence-corrected chi connectivity index (χ1v) is 9.87. The lowest BCUT2D eigenvalue weighted by molar-refractivity contribution is -0.125. The van der Waals surface area contributed by atoms with E-state index >= 15 is 0 Å². The average molecular weight is 334 g/mol. The SMILES string of the molecule is Cc1ccc2c(c1)CCCN2C(=O)C1CN(S(=O)(=O)C2CC2)C1. The maximum Gasteiger partial charge on any atom is 0.232 e. The van der Waals surface area contributed by atoms with Crippen LogP contribution in [0.4, 0.5) is 5.69 Å². The van der Waals surface area contributed by atoms with E-state index in [-0.39, 0.29) is 17.1 Å². The molecule has 5 nitrogen and oxygen atoms in total. The summed E-state index contributed by atoms with van der Waals surface area (Å²) in [6.45, 7) is 3.51. The van der Waals surface area contributed by atoms with Gasteiger partial charge in [0, 0.05) is 25.3 Å². The summed E-state index contributed by atoms with van der Waals surface area (Å²) in [6.07, 6.45) is 3.53. The molecule has 23 heavy (non-hydrogen) atoms. The molecule has 1 amide bonds. The number of hydrogen-bond donors (Lipinski definition) is 0. The van der Waals surface area contributed by atoms with Crippen LogP contribution in [0, 0.1) is 12.8 Å². The first kappa shape index (κ1) is 15.1. The van der Waals surface area contributed by atoms with Crippen LogP contribution in [0.15, 0.2) is 18.2 Å². The number of benzene rings is 1. The molecule has 0 bridgehead atoms. The molecule has 1 saturated carbocycles. The fourth-order valence-electron chi connectivity index (χ4n) is 3.55. The lowest BCUT2D eigenvalue weighted by atomic mass is 9.96. The van der Waals surface area contributed by atoms with Gasteiger partial charge in [-0.2, -0.15) is 4.31 Å². The number of aryl methyl sites for hydroxylation is 2. The first-order chi connectivity index (χ1) is 11.0. The molecule has 0 N–H and O–H groups in total. The standard InChI is InChI=1S/C17H22N2O3S/c1-12-4-7-16-13(9-12)3-2-8-19(16)17(20)14-10-18(11-14)23(21,22)15-5-6-15/h4,7,9,14-15H,2-3,5-6,8,10-11H2,1H3. The van der Waals surface area contributed by atoms with E-state index in [1.807, 2.05) is 17.0 Å². The molecule has 2 fully saturated rings. The molecule has 1 aromatic carbocycles. The number of hydrogen-bond acceptors (Lipinski definition) is 3. The Bertz CT molecular complexity index is 749. The largest absolute Gasteiger partial charge is 0.312 e. The summed E-state index contributed by atoms with van der Waals surface area (Å²) < 4.78 is 25.8. The van der Waals surface area contributed by atoms with Gasteiger partial charge in [-0.25, -0.2) is 8.42 Å². The molecule has 6 heteroatoms. The van der Waals surface area contributed by atoms with Crippen molar-refractivity contribution in [2.45, 2.75) is 37.9 Å². The number of sulfonamides is 1. The van der Waals surface area contributed by atoms with E-state index in [0.29, 0.717) is 13.1 Å². The molecule has 1 aliphatic carbocycles. The van der Waals surface area contributed by atoms with E-state index < -0.39 is 10.0 Å². The van der Waals surface area contributed by atoms with Crippen LogP contribution in [0.5, 0.6) is 0 Å². The van der Waals surface area contributed by atoms with E-state index in [9.17, 15) is 13.2 Å². The quantitative estimate of drug-likeness (QED) is 0.845. The Balaban J connectivity index is 1.47. The predicted molar refractivity (Wildman–Crippen MR) is 88.9 cm³/mol. The summed E-state index contributed by atoms with van der Waals surface area (Å²) in [6, 6.07) is 6.22. The minimum Gasteiger partial charge on any atom is -0.312 e. The first-order valence-electron chi connectivity index (χ1n) is 8.36. The highest BCUT2D eigenvalue weighted by molar-refractivity contribution is 7.90. The van der Waals surface area contributed by atoms with Crippen molar-refractivity contribution in [1.82, 2.24) is 4.31 Å². The summed E-state index contributed by atoms with van der Waals surface area (Å²) in [5.74, 6) is -0.104. The Morgan fingerprint density at radius 2 is 1.96 bits per heavy atom. The van der Waals surface area contributed by atoms with Crippen molar-refractivity contribution >= 4 is 21.6 Å². The third kappa shape index (κ3) is 2.58. The van der Waals surface area contributed by atoms with E-state index in [4.69, 9.17) is 0 Å². The van der Waals surface area contributed by atoms with E-state index in [0.717, 1.165) is 37.9 Å². The summed E-state index contributed by atoms with van der Waals surface area (Å²) in [5, 5.41) is -0.183. The van der Waals surface area contributed by atoms with E-state index in [1.54, 1.807) is 0 Å². The number of fused-ring (bicyclic) bond motifs is 1. The Morgan fingerprint density at radius 3 is 2.65 bits per heavy atom. The fourth-order valence-corrected chi connectivity index (χ4v) is 5.48. The molecular weight excluding hydrogens is 312 g/mol. The van der Waals surface area contributed by atoms with Crippen LogP contribution < -0.4 is 4.90 Å².